The van der Waals surface area contributed by atoms with Crippen molar-refractivity contribution < 1.29 is 0 Å². The highest BCUT2D eigenvalue weighted by molar-refractivity contribution is 8.01. The summed E-state index contributed by atoms with van der Waals surface area (Å²) in [5, 5.41) is 0.955. The summed E-state index contributed by atoms with van der Waals surface area (Å²) >= 11 is 2.09. The van der Waals surface area contributed by atoms with Gasteiger partial charge < -0.3 is 5.73 Å². The SMILES string of the molecule is CC(N)CCC1CCS1. The van der Waals surface area contributed by atoms with Crippen LogP contribution in [0.4, 0.5) is 0 Å². The topological polar surface area (TPSA) is 26.0 Å². The molecule has 0 amide bonds. The molecule has 1 fully saturated rings. The van der Waals surface area contributed by atoms with Gasteiger partial charge in [0.05, 0.1) is 0 Å². The van der Waals surface area contributed by atoms with Crippen LogP contribution in [0.5, 0.6) is 0 Å². The highest BCUT2D eigenvalue weighted by atomic mass is 32.2. The first-order chi connectivity index (χ1) is 4.29. The van der Waals surface area contributed by atoms with Gasteiger partial charge in [0.15, 0.2) is 0 Å². The van der Waals surface area contributed by atoms with Gasteiger partial charge >= 0.3 is 0 Å². The number of hydrogen-bond donors (Lipinski definition) is 1. The van der Waals surface area contributed by atoms with E-state index in [0.29, 0.717) is 6.04 Å². The Morgan fingerprint density at radius 1 is 1.78 bits per heavy atom. The van der Waals surface area contributed by atoms with Gasteiger partial charge in [-0.2, -0.15) is 11.8 Å². The third-order valence-electron chi connectivity index (χ3n) is 1.74. The van der Waals surface area contributed by atoms with Crippen molar-refractivity contribution in [3.8, 4) is 0 Å². The molecule has 9 heavy (non-hydrogen) atoms. The molecule has 0 bridgehead atoms. The van der Waals surface area contributed by atoms with Gasteiger partial charge in [0.1, 0.15) is 0 Å². The van der Waals surface area contributed by atoms with E-state index < -0.39 is 0 Å². The van der Waals surface area contributed by atoms with E-state index in [9.17, 15) is 0 Å². The molecule has 2 heteroatoms. The maximum absolute atomic E-state index is 5.61. The molecule has 1 rings (SSSR count). The minimum atomic E-state index is 0.409. The molecule has 54 valence electrons. The van der Waals surface area contributed by atoms with Crippen molar-refractivity contribution in [2.45, 2.75) is 37.5 Å². The molecule has 2 N–H and O–H groups in total. The molecule has 1 nitrogen and oxygen atoms in total. The Labute approximate surface area is 61.4 Å². The molecule has 0 aliphatic carbocycles. The van der Waals surface area contributed by atoms with Gasteiger partial charge in [0, 0.05) is 11.3 Å². The normalized spacial score (nSPS) is 29.3. The Morgan fingerprint density at radius 3 is 2.78 bits per heavy atom. The van der Waals surface area contributed by atoms with Crippen molar-refractivity contribution in [1.29, 1.82) is 0 Å². The summed E-state index contributed by atoms with van der Waals surface area (Å²) < 4.78 is 0. The first-order valence-electron chi connectivity index (χ1n) is 3.66. The van der Waals surface area contributed by atoms with E-state index in [0.717, 1.165) is 5.25 Å². The van der Waals surface area contributed by atoms with Crippen molar-refractivity contribution in [3.63, 3.8) is 0 Å². The highest BCUT2D eigenvalue weighted by Gasteiger charge is 2.17. The fraction of sp³-hybridized carbons (Fsp3) is 1.00. The van der Waals surface area contributed by atoms with Crippen LogP contribution in [0.15, 0.2) is 0 Å². The van der Waals surface area contributed by atoms with Crippen LogP contribution >= 0.6 is 11.8 Å². The molecule has 0 aromatic heterocycles. The Bertz CT molecular complexity index is 79.0. The zero-order valence-corrected chi connectivity index (χ0v) is 6.79. The van der Waals surface area contributed by atoms with E-state index in [2.05, 4.69) is 18.7 Å². The molecule has 1 saturated heterocycles. The summed E-state index contributed by atoms with van der Waals surface area (Å²) in [6, 6.07) is 0.409. The quantitative estimate of drug-likeness (QED) is 0.653. The molecular weight excluding hydrogens is 130 g/mol. The molecule has 0 aromatic rings. The Balaban J connectivity index is 1.91. The molecule has 1 aliphatic heterocycles. The lowest BCUT2D eigenvalue weighted by Gasteiger charge is -2.25. The second kappa shape index (κ2) is 3.47. The summed E-state index contributed by atoms with van der Waals surface area (Å²) in [5.74, 6) is 1.38. The third-order valence-corrected chi connectivity index (χ3v) is 3.15. The largest absolute Gasteiger partial charge is 0.328 e. The van der Waals surface area contributed by atoms with Crippen molar-refractivity contribution in [1.82, 2.24) is 0 Å². The number of nitrogens with two attached hydrogens (primary N) is 1. The smallest absolute Gasteiger partial charge is 0.00554 e. The molecule has 1 heterocycles. The summed E-state index contributed by atoms with van der Waals surface area (Å²) in [5.41, 5.74) is 5.61. The van der Waals surface area contributed by atoms with Gasteiger partial charge in [-0.05, 0) is 31.9 Å². The van der Waals surface area contributed by atoms with E-state index in [4.69, 9.17) is 5.73 Å². The van der Waals surface area contributed by atoms with E-state index in [1.165, 1.54) is 25.0 Å². The van der Waals surface area contributed by atoms with Crippen molar-refractivity contribution in [2.24, 2.45) is 5.73 Å². The van der Waals surface area contributed by atoms with Crippen LogP contribution in [0.1, 0.15) is 26.2 Å². The van der Waals surface area contributed by atoms with E-state index in [1.807, 2.05) is 0 Å². The van der Waals surface area contributed by atoms with Gasteiger partial charge in [-0.1, -0.05) is 0 Å². The minimum absolute atomic E-state index is 0.409. The minimum Gasteiger partial charge on any atom is -0.328 e. The maximum Gasteiger partial charge on any atom is 0.00554 e. The van der Waals surface area contributed by atoms with E-state index in [1.54, 1.807) is 0 Å². The van der Waals surface area contributed by atoms with Crippen LogP contribution in [-0.2, 0) is 0 Å². The first kappa shape index (κ1) is 7.42. The monoisotopic (exact) mass is 145 g/mol. The second-order valence-electron chi connectivity index (χ2n) is 2.84. The summed E-state index contributed by atoms with van der Waals surface area (Å²) in [7, 11) is 0. The standard InChI is InChI=1S/C7H15NS/c1-6(8)2-3-7-4-5-9-7/h6-7H,2-5,8H2,1H3. The molecule has 1 aliphatic rings. The zero-order chi connectivity index (χ0) is 6.69. The molecular formula is C7H15NS. The second-order valence-corrected chi connectivity index (χ2v) is 4.24. The van der Waals surface area contributed by atoms with E-state index >= 15 is 0 Å². The average Bonchev–Trinajstić information content (AvgIpc) is 1.60. The summed E-state index contributed by atoms with van der Waals surface area (Å²) in [4.78, 5) is 0. The van der Waals surface area contributed by atoms with Crippen LogP contribution in [0.25, 0.3) is 0 Å². The molecule has 2 unspecified atom stereocenters. The Kier molecular flexibility index (Phi) is 2.86. The molecule has 0 spiro atoms. The first-order valence-corrected chi connectivity index (χ1v) is 4.71. The van der Waals surface area contributed by atoms with Crippen molar-refractivity contribution >= 4 is 11.8 Å². The predicted molar refractivity (Wildman–Crippen MR) is 43.7 cm³/mol. The number of hydrogen-bond acceptors (Lipinski definition) is 2. The Morgan fingerprint density at radius 2 is 2.44 bits per heavy atom. The van der Waals surface area contributed by atoms with Crippen LogP contribution in [-0.4, -0.2) is 17.0 Å². The fourth-order valence-electron chi connectivity index (χ4n) is 0.961. The Hall–Kier alpha value is 0.310. The maximum atomic E-state index is 5.61. The lowest BCUT2D eigenvalue weighted by molar-refractivity contribution is 0.590. The van der Waals surface area contributed by atoms with Gasteiger partial charge in [0.25, 0.3) is 0 Å². The summed E-state index contributed by atoms with van der Waals surface area (Å²) in [6.45, 7) is 2.09. The average molecular weight is 145 g/mol. The highest BCUT2D eigenvalue weighted by Crippen LogP contribution is 2.31. The van der Waals surface area contributed by atoms with Gasteiger partial charge in [0.2, 0.25) is 0 Å². The zero-order valence-electron chi connectivity index (χ0n) is 5.97. The lowest BCUT2D eigenvalue weighted by Crippen LogP contribution is -2.21. The molecule has 0 aromatic carbocycles. The van der Waals surface area contributed by atoms with Crippen LogP contribution in [0.2, 0.25) is 0 Å². The molecule has 0 radical (unpaired) electrons. The summed E-state index contributed by atoms with van der Waals surface area (Å²) in [6.07, 6.45) is 3.97. The number of rotatable bonds is 3. The van der Waals surface area contributed by atoms with Crippen LogP contribution < -0.4 is 5.73 Å². The van der Waals surface area contributed by atoms with Crippen LogP contribution in [0.3, 0.4) is 0 Å². The van der Waals surface area contributed by atoms with Gasteiger partial charge in [-0.15, -0.1) is 0 Å². The lowest BCUT2D eigenvalue weighted by atomic mass is 10.1. The van der Waals surface area contributed by atoms with Gasteiger partial charge in [-0.3, -0.25) is 0 Å². The third kappa shape index (κ3) is 2.59. The van der Waals surface area contributed by atoms with E-state index in [-0.39, 0.29) is 0 Å². The van der Waals surface area contributed by atoms with Crippen molar-refractivity contribution in [3.05, 3.63) is 0 Å². The molecule has 2 atom stereocenters. The fourth-order valence-corrected chi connectivity index (χ4v) is 1.83. The van der Waals surface area contributed by atoms with Crippen molar-refractivity contribution in [2.75, 3.05) is 5.75 Å². The van der Waals surface area contributed by atoms with Crippen LogP contribution in [0, 0.1) is 0 Å². The van der Waals surface area contributed by atoms with Gasteiger partial charge in [-0.25, -0.2) is 0 Å². The number of thioether (sulfide) groups is 1. The molecule has 0 saturated carbocycles. The predicted octanol–water partition coefficient (Wildman–Crippen LogP) is 1.62.